The molecule has 0 saturated heterocycles. The van der Waals surface area contributed by atoms with Gasteiger partial charge in [-0.1, -0.05) is 6.92 Å². The van der Waals surface area contributed by atoms with E-state index >= 15 is 0 Å². The van der Waals surface area contributed by atoms with Crippen LogP contribution in [0.1, 0.15) is 13.3 Å². The van der Waals surface area contributed by atoms with Gasteiger partial charge in [-0.15, -0.1) is 11.8 Å². The number of aliphatic carboxylic acids is 1. The predicted molar refractivity (Wildman–Crippen MR) is 60.2 cm³/mol. The molecule has 0 aliphatic rings. The molecule has 0 saturated carbocycles. The van der Waals surface area contributed by atoms with Crippen molar-refractivity contribution in [3.05, 3.63) is 0 Å². The minimum Gasteiger partial charge on any atom is -0.480 e. The zero-order valence-corrected chi connectivity index (χ0v) is 9.90. The van der Waals surface area contributed by atoms with Crippen LogP contribution in [-0.4, -0.2) is 52.4 Å². The number of aliphatic hydroxyl groups is 1. The van der Waals surface area contributed by atoms with Crippen LogP contribution in [0.25, 0.3) is 0 Å². The van der Waals surface area contributed by atoms with Crippen LogP contribution in [0.15, 0.2) is 0 Å². The third kappa shape index (κ3) is 7.49. The Balaban J connectivity index is 3.55. The first kappa shape index (κ1) is 15.2. The van der Waals surface area contributed by atoms with Gasteiger partial charge in [-0.25, -0.2) is 0 Å². The number of esters is 1. The van der Waals surface area contributed by atoms with E-state index in [-0.39, 0.29) is 18.1 Å². The van der Waals surface area contributed by atoms with Gasteiger partial charge < -0.3 is 20.7 Å². The van der Waals surface area contributed by atoms with E-state index in [2.05, 4.69) is 0 Å². The van der Waals surface area contributed by atoms with Crippen molar-refractivity contribution in [1.29, 1.82) is 0 Å². The van der Waals surface area contributed by atoms with Crippen LogP contribution >= 0.6 is 11.8 Å². The zero-order valence-electron chi connectivity index (χ0n) is 9.09. The first-order valence-corrected chi connectivity index (χ1v) is 6.02. The maximum atomic E-state index is 11.1. The fourth-order valence-corrected chi connectivity index (χ4v) is 1.45. The molecule has 94 valence electrons. The van der Waals surface area contributed by atoms with Crippen LogP contribution < -0.4 is 5.73 Å². The molecule has 2 atom stereocenters. The number of aliphatic hydroxyl groups excluding tert-OH is 1. The molecule has 0 aliphatic heterocycles. The van der Waals surface area contributed by atoms with E-state index in [0.717, 1.165) is 11.8 Å². The lowest BCUT2D eigenvalue weighted by molar-refractivity contribution is -0.143. The lowest BCUT2D eigenvalue weighted by atomic mass is 10.3. The summed E-state index contributed by atoms with van der Waals surface area (Å²) in [6, 6.07) is -0.973. The Morgan fingerprint density at radius 1 is 1.50 bits per heavy atom. The number of carbonyl (C=O) groups excluding carboxylic acids is 1. The summed E-state index contributed by atoms with van der Waals surface area (Å²) < 4.78 is 4.74. The first-order valence-electron chi connectivity index (χ1n) is 4.87. The molecule has 0 aliphatic carbocycles. The lowest BCUT2D eigenvalue weighted by Crippen LogP contribution is -2.32. The number of hydrogen-bond acceptors (Lipinski definition) is 6. The second kappa shape index (κ2) is 8.37. The topological polar surface area (TPSA) is 110 Å². The van der Waals surface area contributed by atoms with Gasteiger partial charge in [-0.3, -0.25) is 9.59 Å². The molecule has 1 unspecified atom stereocenters. The second-order valence-corrected chi connectivity index (χ2v) is 4.24. The van der Waals surface area contributed by atoms with Gasteiger partial charge in [0, 0.05) is 5.75 Å². The van der Waals surface area contributed by atoms with E-state index in [1.165, 1.54) is 0 Å². The number of hydrogen-bond donors (Lipinski definition) is 3. The van der Waals surface area contributed by atoms with Crippen molar-refractivity contribution in [2.75, 3.05) is 18.1 Å². The van der Waals surface area contributed by atoms with Crippen LogP contribution in [0.3, 0.4) is 0 Å². The fraction of sp³-hybridized carbons (Fsp3) is 0.778. The monoisotopic (exact) mass is 251 g/mol. The van der Waals surface area contributed by atoms with E-state index in [0.29, 0.717) is 6.42 Å². The predicted octanol–water partition coefficient (Wildman–Crippen LogP) is -0.554. The van der Waals surface area contributed by atoms with Gasteiger partial charge in [0.15, 0.2) is 0 Å². The summed E-state index contributed by atoms with van der Waals surface area (Å²) in [5.41, 5.74) is 5.23. The van der Waals surface area contributed by atoms with E-state index in [1.54, 1.807) is 6.92 Å². The summed E-state index contributed by atoms with van der Waals surface area (Å²) in [6.45, 7) is 1.75. The highest BCUT2D eigenvalue weighted by Crippen LogP contribution is 2.03. The Morgan fingerprint density at radius 2 is 2.12 bits per heavy atom. The maximum Gasteiger partial charge on any atom is 0.321 e. The van der Waals surface area contributed by atoms with Gasteiger partial charge in [0.1, 0.15) is 12.6 Å². The molecule has 16 heavy (non-hydrogen) atoms. The quantitative estimate of drug-likeness (QED) is 0.496. The molecule has 0 rings (SSSR count). The van der Waals surface area contributed by atoms with Crippen LogP contribution in [0.5, 0.6) is 0 Å². The number of nitrogens with two attached hydrogens (primary N) is 1. The Kier molecular flexibility index (Phi) is 7.96. The Morgan fingerprint density at radius 3 is 2.62 bits per heavy atom. The van der Waals surface area contributed by atoms with Gasteiger partial charge in [0.05, 0.1) is 11.9 Å². The molecule has 0 aromatic carbocycles. The highest BCUT2D eigenvalue weighted by Gasteiger charge is 2.13. The molecular weight excluding hydrogens is 234 g/mol. The highest BCUT2D eigenvalue weighted by atomic mass is 32.2. The third-order valence-electron chi connectivity index (χ3n) is 1.74. The van der Waals surface area contributed by atoms with E-state index < -0.39 is 24.1 Å². The van der Waals surface area contributed by atoms with Gasteiger partial charge in [-0.2, -0.15) is 0 Å². The van der Waals surface area contributed by atoms with Crippen molar-refractivity contribution in [2.45, 2.75) is 25.5 Å². The molecule has 0 radical (unpaired) electrons. The molecule has 0 bridgehead atoms. The van der Waals surface area contributed by atoms with Crippen molar-refractivity contribution >= 4 is 23.7 Å². The van der Waals surface area contributed by atoms with Crippen LogP contribution in [0.4, 0.5) is 0 Å². The highest BCUT2D eigenvalue weighted by molar-refractivity contribution is 8.00. The maximum absolute atomic E-state index is 11.1. The van der Waals surface area contributed by atoms with Crippen molar-refractivity contribution in [1.82, 2.24) is 0 Å². The van der Waals surface area contributed by atoms with E-state index in [1.807, 2.05) is 0 Å². The van der Waals surface area contributed by atoms with E-state index in [4.69, 9.17) is 20.7 Å². The van der Waals surface area contributed by atoms with Gasteiger partial charge in [0.2, 0.25) is 0 Å². The SMILES string of the molecule is CCC(O)COC(=O)CSC[C@H](N)C(=O)O. The molecule has 0 aromatic heterocycles. The molecule has 0 aromatic rings. The summed E-state index contributed by atoms with van der Waals surface area (Å²) in [7, 11) is 0. The van der Waals surface area contributed by atoms with Gasteiger partial charge in [0.25, 0.3) is 0 Å². The van der Waals surface area contributed by atoms with Gasteiger partial charge in [-0.05, 0) is 6.42 Å². The zero-order chi connectivity index (χ0) is 12.6. The Labute approximate surface area is 98.1 Å². The van der Waals surface area contributed by atoms with Crippen LogP contribution in [0.2, 0.25) is 0 Å². The van der Waals surface area contributed by atoms with Crippen molar-refractivity contribution in [2.24, 2.45) is 5.73 Å². The Bertz CT molecular complexity index is 236. The molecule has 0 fully saturated rings. The smallest absolute Gasteiger partial charge is 0.321 e. The minimum absolute atomic E-state index is 0.0269. The summed E-state index contributed by atoms with van der Waals surface area (Å²) in [5, 5.41) is 17.6. The number of carboxylic acids is 1. The van der Waals surface area contributed by atoms with Crippen LogP contribution in [0, 0.1) is 0 Å². The number of carbonyl (C=O) groups is 2. The second-order valence-electron chi connectivity index (χ2n) is 3.20. The average molecular weight is 251 g/mol. The summed E-state index contributed by atoms with van der Waals surface area (Å²) in [4.78, 5) is 21.4. The molecular formula is C9H17NO5S. The normalized spacial score (nSPS) is 14.2. The number of thioether (sulfide) groups is 1. The first-order chi connectivity index (χ1) is 7.47. The van der Waals surface area contributed by atoms with Crippen molar-refractivity contribution < 1.29 is 24.5 Å². The molecule has 7 heteroatoms. The molecule has 6 nitrogen and oxygen atoms in total. The minimum atomic E-state index is -1.10. The molecule has 0 spiro atoms. The lowest BCUT2D eigenvalue weighted by Gasteiger charge is -2.09. The third-order valence-corrected chi connectivity index (χ3v) is 2.78. The fourth-order valence-electron chi connectivity index (χ4n) is 0.689. The van der Waals surface area contributed by atoms with Crippen molar-refractivity contribution in [3.63, 3.8) is 0 Å². The number of carboxylic acid groups (broad SMARTS) is 1. The molecule has 0 amide bonds. The molecule has 4 N–H and O–H groups in total. The summed E-state index contributed by atoms with van der Waals surface area (Å²) >= 11 is 1.10. The summed E-state index contributed by atoms with van der Waals surface area (Å²) in [5.74, 6) is -1.38. The standard InChI is InChI=1S/C9H17NO5S/c1-2-6(11)3-15-8(12)5-16-4-7(10)9(13)14/h6-7,11H,2-5,10H2,1H3,(H,13,14)/t6?,7-/m0/s1. The molecule has 0 heterocycles. The van der Waals surface area contributed by atoms with Crippen LogP contribution in [-0.2, 0) is 14.3 Å². The number of rotatable bonds is 8. The number of ether oxygens (including phenoxy) is 1. The van der Waals surface area contributed by atoms with Crippen molar-refractivity contribution in [3.8, 4) is 0 Å². The van der Waals surface area contributed by atoms with E-state index in [9.17, 15) is 9.59 Å². The Hall–Kier alpha value is -0.790. The largest absolute Gasteiger partial charge is 0.480 e. The summed E-state index contributed by atoms with van der Waals surface area (Å²) in [6.07, 6.45) is -0.125. The van der Waals surface area contributed by atoms with Gasteiger partial charge >= 0.3 is 11.9 Å². The average Bonchev–Trinajstić information content (AvgIpc) is 2.25.